The molecule has 0 saturated carbocycles. The molecule has 2 heterocycles. The number of nitrogens with two attached hydrogens (primary N) is 1. The normalized spacial score (nSPS) is 22.6. The third-order valence-corrected chi connectivity index (χ3v) is 3.96. The molecule has 0 bridgehead atoms. The molecule has 112 valence electrons. The molecule has 2 atom stereocenters. The van der Waals surface area contributed by atoms with Gasteiger partial charge < -0.3 is 10.6 Å². The van der Waals surface area contributed by atoms with Gasteiger partial charge in [-0.1, -0.05) is 11.8 Å². The Bertz CT molecular complexity index is 546. The van der Waals surface area contributed by atoms with Crippen LogP contribution in [0.5, 0.6) is 0 Å². The van der Waals surface area contributed by atoms with E-state index in [2.05, 4.69) is 42.6 Å². The fraction of sp³-hybridized carbons (Fsp3) is 0.500. The zero-order chi connectivity index (χ0) is 15.4. The minimum atomic E-state index is -0.0138. The lowest BCUT2D eigenvalue weighted by atomic mass is 10.1. The quantitative estimate of drug-likeness (QED) is 0.766. The van der Waals surface area contributed by atoms with Crippen LogP contribution in [0.1, 0.15) is 29.9 Å². The van der Waals surface area contributed by atoms with Crippen LogP contribution < -0.4 is 5.73 Å². The number of carbonyl (C=O) groups excluding carboxylic acids is 1. The lowest BCUT2D eigenvalue weighted by Crippen LogP contribution is -2.56. The Morgan fingerprint density at radius 3 is 2.57 bits per heavy atom. The molecule has 1 saturated heterocycles. The van der Waals surface area contributed by atoms with Crippen molar-refractivity contribution in [3.63, 3.8) is 0 Å². The predicted octanol–water partition coefficient (Wildman–Crippen LogP) is 0.556. The number of aromatic nitrogens is 1. The van der Waals surface area contributed by atoms with Crippen molar-refractivity contribution >= 4 is 5.91 Å². The van der Waals surface area contributed by atoms with E-state index < -0.39 is 0 Å². The Morgan fingerprint density at radius 1 is 1.38 bits per heavy atom. The molecule has 1 amide bonds. The molecule has 0 aromatic carbocycles. The average molecular weight is 286 g/mol. The molecule has 1 aromatic rings. The van der Waals surface area contributed by atoms with Gasteiger partial charge in [-0.05, 0) is 33.0 Å². The second kappa shape index (κ2) is 6.70. The number of rotatable bonds is 1. The molecule has 1 fully saturated rings. The van der Waals surface area contributed by atoms with Crippen molar-refractivity contribution in [1.82, 2.24) is 14.8 Å². The van der Waals surface area contributed by atoms with Crippen molar-refractivity contribution in [1.29, 1.82) is 0 Å². The topological polar surface area (TPSA) is 62.5 Å². The first-order valence-electron chi connectivity index (χ1n) is 7.19. The number of piperazine rings is 1. The molecule has 1 aliphatic heterocycles. The van der Waals surface area contributed by atoms with Gasteiger partial charge in [0.25, 0.3) is 5.91 Å². The zero-order valence-corrected chi connectivity index (χ0v) is 12.8. The first-order chi connectivity index (χ1) is 10.0. The smallest absolute Gasteiger partial charge is 0.272 e. The summed E-state index contributed by atoms with van der Waals surface area (Å²) in [5, 5.41) is 0. The lowest BCUT2D eigenvalue weighted by Gasteiger charge is -2.42. The molecule has 2 unspecified atom stereocenters. The van der Waals surface area contributed by atoms with E-state index in [1.807, 2.05) is 11.0 Å². The number of pyridine rings is 1. The van der Waals surface area contributed by atoms with Gasteiger partial charge in [0, 0.05) is 36.9 Å². The van der Waals surface area contributed by atoms with Gasteiger partial charge in [0.1, 0.15) is 5.69 Å². The molecule has 5 heteroatoms. The summed E-state index contributed by atoms with van der Waals surface area (Å²) in [6.45, 7) is 6.05. The van der Waals surface area contributed by atoms with E-state index in [9.17, 15) is 4.79 Å². The Labute approximate surface area is 126 Å². The van der Waals surface area contributed by atoms with E-state index in [1.54, 1.807) is 12.3 Å². The van der Waals surface area contributed by atoms with Crippen molar-refractivity contribution in [3.05, 3.63) is 29.6 Å². The van der Waals surface area contributed by atoms with Gasteiger partial charge in [-0.3, -0.25) is 9.69 Å². The van der Waals surface area contributed by atoms with E-state index in [1.165, 1.54) is 0 Å². The largest absolute Gasteiger partial charge is 0.334 e. The van der Waals surface area contributed by atoms with E-state index in [0.717, 1.165) is 18.7 Å². The van der Waals surface area contributed by atoms with Crippen molar-refractivity contribution < 1.29 is 4.79 Å². The first-order valence-corrected chi connectivity index (χ1v) is 7.19. The van der Waals surface area contributed by atoms with Gasteiger partial charge in [-0.2, -0.15) is 0 Å². The number of likely N-dealkylation sites (N-methyl/N-ethyl adjacent to an activating group) is 1. The fourth-order valence-corrected chi connectivity index (χ4v) is 2.48. The summed E-state index contributed by atoms with van der Waals surface area (Å²) in [6, 6.07) is 4.25. The highest BCUT2D eigenvalue weighted by Gasteiger charge is 2.30. The summed E-state index contributed by atoms with van der Waals surface area (Å²) >= 11 is 0. The van der Waals surface area contributed by atoms with Crippen molar-refractivity contribution in [2.45, 2.75) is 25.9 Å². The molecule has 1 aromatic heterocycles. The van der Waals surface area contributed by atoms with Gasteiger partial charge in [-0.25, -0.2) is 4.98 Å². The Hall–Kier alpha value is -1.90. The third kappa shape index (κ3) is 3.60. The number of hydrogen-bond acceptors (Lipinski definition) is 4. The van der Waals surface area contributed by atoms with Crippen LogP contribution in [0.15, 0.2) is 18.3 Å². The van der Waals surface area contributed by atoms with Crippen LogP contribution in [0.4, 0.5) is 0 Å². The second-order valence-electron chi connectivity index (χ2n) is 5.51. The zero-order valence-electron chi connectivity index (χ0n) is 12.8. The number of hydrogen-bond donors (Lipinski definition) is 1. The number of nitrogens with zero attached hydrogens (tertiary/aromatic N) is 3. The highest BCUT2D eigenvalue weighted by Crippen LogP contribution is 2.15. The minimum Gasteiger partial charge on any atom is -0.334 e. The van der Waals surface area contributed by atoms with Crippen molar-refractivity contribution in [3.8, 4) is 11.8 Å². The maximum absolute atomic E-state index is 12.5. The van der Waals surface area contributed by atoms with E-state index >= 15 is 0 Å². The molecule has 21 heavy (non-hydrogen) atoms. The van der Waals surface area contributed by atoms with Crippen LogP contribution >= 0.6 is 0 Å². The average Bonchev–Trinajstić information content (AvgIpc) is 2.50. The van der Waals surface area contributed by atoms with Gasteiger partial charge in [0.2, 0.25) is 0 Å². The standard InChI is InChI=1S/C16H22N4O/c1-12-10-20(11-13(2)19(12)3)16(21)15-7-6-14(9-18-15)5-4-8-17/h6-7,9,12-13H,8,10-11,17H2,1-3H3. The molecule has 2 rings (SSSR count). The summed E-state index contributed by atoms with van der Waals surface area (Å²) in [5.74, 6) is 5.66. The number of amides is 1. The molecular formula is C16H22N4O. The molecule has 0 aliphatic carbocycles. The van der Waals surface area contributed by atoms with E-state index in [0.29, 0.717) is 24.3 Å². The minimum absolute atomic E-state index is 0.0138. The van der Waals surface area contributed by atoms with Crippen LogP contribution in [-0.4, -0.2) is 59.5 Å². The van der Waals surface area contributed by atoms with Crippen molar-refractivity contribution in [2.75, 3.05) is 26.7 Å². The highest BCUT2D eigenvalue weighted by molar-refractivity contribution is 5.92. The SMILES string of the molecule is CC1CN(C(=O)c2ccc(C#CCN)cn2)CC(C)N1C. The Balaban J connectivity index is 2.09. The maximum Gasteiger partial charge on any atom is 0.272 e. The predicted molar refractivity (Wildman–Crippen MR) is 82.8 cm³/mol. The third-order valence-electron chi connectivity index (χ3n) is 3.96. The maximum atomic E-state index is 12.5. The Morgan fingerprint density at radius 2 is 2.05 bits per heavy atom. The van der Waals surface area contributed by atoms with E-state index in [4.69, 9.17) is 5.73 Å². The van der Waals surface area contributed by atoms with Gasteiger partial charge in [-0.15, -0.1) is 0 Å². The number of carbonyl (C=O) groups is 1. The van der Waals surface area contributed by atoms with Gasteiger partial charge >= 0.3 is 0 Å². The molecule has 0 spiro atoms. The summed E-state index contributed by atoms with van der Waals surface area (Å²) in [6.07, 6.45) is 1.62. The van der Waals surface area contributed by atoms with Crippen LogP contribution in [0, 0.1) is 11.8 Å². The van der Waals surface area contributed by atoms with Crippen LogP contribution in [-0.2, 0) is 0 Å². The summed E-state index contributed by atoms with van der Waals surface area (Å²) in [7, 11) is 2.10. The van der Waals surface area contributed by atoms with Gasteiger partial charge in [0.15, 0.2) is 0 Å². The lowest BCUT2D eigenvalue weighted by molar-refractivity contribution is 0.0409. The van der Waals surface area contributed by atoms with Crippen molar-refractivity contribution in [2.24, 2.45) is 5.73 Å². The molecule has 0 radical (unpaired) electrons. The van der Waals surface area contributed by atoms with Crippen LogP contribution in [0.2, 0.25) is 0 Å². The fourth-order valence-electron chi connectivity index (χ4n) is 2.48. The van der Waals surface area contributed by atoms with Crippen LogP contribution in [0.25, 0.3) is 0 Å². The highest BCUT2D eigenvalue weighted by atomic mass is 16.2. The molecule has 2 N–H and O–H groups in total. The van der Waals surface area contributed by atoms with Crippen LogP contribution in [0.3, 0.4) is 0 Å². The summed E-state index contributed by atoms with van der Waals surface area (Å²) in [4.78, 5) is 20.9. The van der Waals surface area contributed by atoms with E-state index in [-0.39, 0.29) is 5.91 Å². The molecule has 1 aliphatic rings. The first kappa shape index (κ1) is 15.5. The second-order valence-corrected chi connectivity index (χ2v) is 5.51. The molecule has 5 nitrogen and oxygen atoms in total. The Kier molecular flexibility index (Phi) is 4.94. The molecular weight excluding hydrogens is 264 g/mol. The summed E-state index contributed by atoms with van der Waals surface area (Å²) in [5.41, 5.74) is 6.58. The monoisotopic (exact) mass is 286 g/mol. The summed E-state index contributed by atoms with van der Waals surface area (Å²) < 4.78 is 0. The van der Waals surface area contributed by atoms with Gasteiger partial charge in [0.05, 0.1) is 6.54 Å².